The van der Waals surface area contributed by atoms with E-state index in [1.165, 1.54) is 13.8 Å². The minimum Gasteiger partial charge on any atom is -0.464 e. The Labute approximate surface area is 197 Å². The lowest BCUT2D eigenvalue weighted by Gasteiger charge is -2.74. The first-order chi connectivity index (χ1) is 15.6. The Bertz CT molecular complexity index is 899. The maximum Gasteiger partial charge on any atom is 0.303 e. The molecule has 182 valence electrons. The van der Waals surface area contributed by atoms with Crippen molar-refractivity contribution >= 4 is 17.8 Å². The van der Waals surface area contributed by atoms with E-state index in [1.54, 1.807) is 0 Å². The van der Waals surface area contributed by atoms with Crippen molar-refractivity contribution in [2.24, 2.45) is 39.9 Å². The van der Waals surface area contributed by atoms with E-state index in [4.69, 9.17) is 9.47 Å². The second-order valence-electron chi connectivity index (χ2n) is 12.0. The van der Waals surface area contributed by atoms with Crippen molar-refractivity contribution < 1.29 is 23.9 Å². The van der Waals surface area contributed by atoms with Gasteiger partial charge in [-0.3, -0.25) is 14.4 Å². The number of hydrogen-bond donors (Lipinski definition) is 0. The van der Waals surface area contributed by atoms with Crippen LogP contribution in [-0.4, -0.2) is 48.5 Å². The van der Waals surface area contributed by atoms with Crippen LogP contribution in [0.3, 0.4) is 0 Å². The van der Waals surface area contributed by atoms with Crippen LogP contribution in [0.15, 0.2) is 12.2 Å². The summed E-state index contributed by atoms with van der Waals surface area (Å²) in [7, 11) is 0. The number of ether oxygens (including phenoxy) is 2. The summed E-state index contributed by atoms with van der Waals surface area (Å²) in [6, 6.07) is 0. The first-order valence-corrected chi connectivity index (χ1v) is 12.8. The molecular weight excluding hydrogens is 418 g/mol. The normalized spacial score (nSPS) is 45.8. The highest BCUT2D eigenvalue weighted by molar-refractivity contribution is 5.84. The fraction of sp³-hybridized carbons (Fsp3) is 0.815. The Morgan fingerprint density at radius 1 is 1.12 bits per heavy atom. The van der Waals surface area contributed by atoms with Crippen molar-refractivity contribution in [2.75, 3.05) is 19.7 Å². The quantitative estimate of drug-likeness (QED) is 0.469. The number of nitrogens with zero attached hydrogens (tertiary/aromatic N) is 1. The van der Waals surface area contributed by atoms with Crippen LogP contribution < -0.4 is 0 Å². The standard InChI is InChI=1S/C27H39NO5/c1-16-13-21-25(5)8-6-9-26(21,15-28(24(25)31)11-12-32-18(3)29)22-14-20-7-10-27(16,22)23(17(20)2)33-19(4)30/h16,20-23H,2,6-15H2,1,3-5H3/t16-,20-,21-,22-,23-,25-,26+,27-/m1/s1. The van der Waals surface area contributed by atoms with E-state index >= 15 is 0 Å². The molecule has 5 aliphatic carbocycles. The average molecular weight is 458 g/mol. The van der Waals surface area contributed by atoms with Crippen molar-refractivity contribution in [1.82, 2.24) is 4.90 Å². The zero-order valence-electron chi connectivity index (χ0n) is 20.7. The monoisotopic (exact) mass is 457 g/mol. The van der Waals surface area contributed by atoms with Gasteiger partial charge < -0.3 is 14.4 Å². The van der Waals surface area contributed by atoms with E-state index in [0.29, 0.717) is 30.2 Å². The number of carbonyl (C=O) groups is 3. The van der Waals surface area contributed by atoms with Gasteiger partial charge >= 0.3 is 11.9 Å². The van der Waals surface area contributed by atoms with Gasteiger partial charge in [-0.05, 0) is 73.2 Å². The number of likely N-dealkylation sites (tertiary alicyclic amines) is 1. The van der Waals surface area contributed by atoms with Gasteiger partial charge in [0.05, 0.1) is 6.54 Å². The zero-order chi connectivity index (χ0) is 23.8. The van der Waals surface area contributed by atoms with Gasteiger partial charge in [0.2, 0.25) is 5.91 Å². The molecule has 4 bridgehead atoms. The van der Waals surface area contributed by atoms with Gasteiger partial charge in [-0.15, -0.1) is 0 Å². The fourth-order valence-corrected chi connectivity index (χ4v) is 9.48. The van der Waals surface area contributed by atoms with Crippen LogP contribution >= 0.6 is 0 Å². The van der Waals surface area contributed by atoms with E-state index in [2.05, 4.69) is 20.4 Å². The molecule has 33 heavy (non-hydrogen) atoms. The lowest BCUT2D eigenvalue weighted by molar-refractivity contribution is -0.257. The molecule has 6 rings (SSSR count). The molecule has 1 spiro atoms. The van der Waals surface area contributed by atoms with E-state index < -0.39 is 0 Å². The van der Waals surface area contributed by atoms with Crippen LogP contribution in [0, 0.1) is 39.9 Å². The molecule has 5 saturated carbocycles. The number of amides is 1. The minimum absolute atomic E-state index is 0.0292. The summed E-state index contributed by atoms with van der Waals surface area (Å²) in [5.41, 5.74) is 0.689. The van der Waals surface area contributed by atoms with Crippen molar-refractivity contribution in [2.45, 2.75) is 78.7 Å². The Kier molecular flexibility index (Phi) is 5.26. The van der Waals surface area contributed by atoms with Crippen LogP contribution in [-0.2, 0) is 23.9 Å². The molecule has 6 fully saturated rings. The molecule has 1 heterocycles. The number of esters is 2. The maximum absolute atomic E-state index is 13.8. The van der Waals surface area contributed by atoms with Gasteiger partial charge in [0.25, 0.3) is 0 Å². The highest BCUT2D eigenvalue weighted by atomic mass is 16.5. The molecule has 6 nitrogen and oxygen atoms in total. The summed E-state index contributed by atoms with van der Waals surface area (Å²) in [5, 5.41) is 0. The number of carbonyl (C=O) groups excluding carboxylic acids is 3. The second-order valence-corrected chi connectivity index (χ2v) is 12.0. The van der Waals surface area contributed by atoms with Gasteiger partial charge in [-0.25, -0.2) is 0 Å². The Balaban J connectivity index is 1.57. The second kappa shape index (κ2) is 7.58. The smallest absolute Gasteiger partial charge is 0.303 e. The number of rotatable bonds is 4. The lowest BCUT2D eigenvalue weighted by Crippen LogP contribution is -2.74. The number of hydrogen-bond acceptors (Lipinski definition) is 5. The van der Waals surface area contributed by atoms with Crippen LogP contribution in [0.5, 0.6) is 0 Å². The topological polar surface area (TPSA) is 72.9 Å². The lowest BCUT2D eigenvalue weighted by atomic mass is 9.32. The molecule has 0 aromatic carbocycles. The number of piperidine rings is 1. The highest BCUT2D eigenvalue weighted by Crippen LogP contribution is 2.75. The third-order valence-electron chi connectivity index (χ3n) is 10.7. The van der Waals surface area contributed by atoms with Crippen molar-refractivity contribution in [3.63, 3.8) is 0 Å². The molecular formula is C27H39NO5. The molecule has 0 aromatic heterocycles. The zero-order valence-corrected chi connectivity index (χ0v) is 20.7. The van der Waals surface area contributed by atoms with Crippen molar-refractivity contribution in [3.05, 3.63) is 12.2 Å². The molecule has 0 N–H and O–H groups in total. The third-order valence-corrected chi connectivity index (χ3v) is 10.7. The predicted molar refractivity (Wildman–Crippen MR) is 123 cm³/mol. The van der Waals surface area contributed by atoms with Crippen LogP contribution in [0.2, 0.25) is 0 Å². The van der Waals surface area contributed by atoms with Gasteiger partial charge in [0.15, 0.2) is 0 Å². The fourth-order valence-electron chi connectivity index (χ4n) is 9.48. The summed E-state index contributed by atoms with van der Waals surface area (Å²) < 4.78 is 11.3. The average Bonchev–Trinajstić information content (AvgIpc) is 2.75. The van der Waals surface area contributed by atoms with Crippen LogP contribution in [0.1, 0.15) is 72.6 Å². The Hall–Kier alpha value is -1.85. The molecule has 1 saturated heterocycles. The van der Waals surface area contributed by atoms with E-state index in [-0.39, 0.29) is 46.8 Å². The van der Waals surface area contributed by atoms with Crippen molar-refractivity contribution in [3.8, 4) is 0 Å². The molecule has 8 atom stereocenters. The largest absolute Gasteiger partial charge is 0.464 e. The van der Waals surface area contributed by atoms with Crippen LogP contribution in [0.25, 0.3) is 0 Å². The molecule has 1 aliphatic heterocycles. The SMILES string of the molecule is C=C1[C@@H]2CC[C@]3([C@H](C)C[C@H]4[C@@]5(CCC[C@@]4(C)C(=O)N(CCOC(C)=O)C5)[C@H]3C2)[C@@H]1OC(C)=O. The predicted octanol–water partition coefficient (Wildman–Crippen LogP) is 4.13. The van der Waals surface area contributed by atoms with Crippen LogP contribution in [0.4, 0.5) is 0 Å². The molecule has 6 aliphatic rings. The Morgan fingerprint density at radius 2 is 1.88 bits per heavy atom. The summed E-state index contributed by atoms with van der Waals surface area (Å²) in [6.07, 6.45) is 7.22. The molecule has 0 unspecified atom stereocenters. The molecule has 0 radical (unpaired) electrons. The van der Waals surface area contributed by atoms with Gasteiger partial charge in [0.1, 0.15) is 12.7 Å². The van der Waals surface area contributed by atoms with E-state index in [0.717, 1.165) is 57.1 Å². The van der Waals surface area contributed by atoms with Gasteiger partial charge in [0, 0.05) is 31.2 Å². The minimum atomic E-state index is -0.368. The Morgan fingerprint density at radius 3 is 2.58 bits per heavy atom. The highest BCUT2D eigenvalue weighted by Gasteiger charge is 2.73. The van der Waals surface area contributed by atoms with Crippen molar-refractivity contribution in [1.29, 1.82) is 0 Å². The first kappa shape index (κ1) is 22.9. The number of fused-ring (bicyclic) bond motifs is 2. The summed E-state index contributed by atoms with van der Waals surface area (Å²) in [4.78, 5) is 39.3. The van der Waals surface area contributed by atoms with E-state index in [9.17, 15) is 14.4 Å². The van der Waals surface area contributed by atoms with Gasteiger partial charge in [-0.1, -0.05) is 26.8 Å². The first-order valence-electron chi connectivity index (χ1n) is 12.8. The summed E-state index contributed by atoms with van der Waals surface area (Å²) in [5.74, 6) is 1.25. The molecule has 0 aromatic rings. The van der Waals surface area contributed by atoms with E-state index in [1.807, 2.05) is 4.90 Å². The maximum atomic E-state index is 13.8. The van der Waals surface area contributed by atoms with Gasteiger partial charge in [-0.2, -0.15) is 0 Å². The summed E-state index contributed by atoms with van der Waals surface area (Å²) >= 11 is 0. The summed E-state index contributed by atoms with van der Waals surface area (Å²) in [6.45, 7) is 13.3. The molecule has 6 heteroatoms. The third kappa shape index (κ3) is 3.01. The molecule has 1 amide bonds.